The second-order valence-corrected chi connectivity index (χ2v) is 6.48. The maximum absolute atomic E-state index is 11.6. The molecular weight excluding hydrogens is 262 g/mol. The van der Waals surface area contributed by atoms with Crippen LogP contribution in [0.2, 0.25) is 0 Å². The molecule has 0 aliphatic rings. The second-order valence-electron chi connectivity index (χ2n) is 4.59. The lowest BCUT2D eigenvalue weighted by Crippen LogP contribution is -2.18. The summed E-state index contributed by atoms with van der Waals surface area (Å²) in [4.78, 5) is 0.245. The third-order valence-corrected chi connectivity index (χ3v) is 4.34. The summed E-state index contributed by atoms with van der Waals surface area (Å²) in [6.45, 7) is 4.12. The number of furan rings is 1. The summed E-state index contributed by atoms with van der Waals surface area (Å²) in [5.41, 5.74) is 0.863. The highest BCUT2D eigenvalue weighted by atomic mass is 32.2. The van der Waals surface area contributed by atoms with Crippen molar-refractivity contribution < 1.29 is 12.8 Å². The van der Waals surface area contributed by atoms with Crippen LogP contribution >= 0.6 is 0 Å². The van der Waals surface area contributed by atoms with E-state index in [0.717, 1.165) is 17.1 Å². The molecule has 0 radical (unpaired) electrons. The zero-order valence-corrected chi connectivity index (χ0v) is 12.0. The van der Waals surface area contributed by atoms with Crippen molar-refractivity contribution in [2.45, 2.75) is 24.7 Å². The quantitative estimate of drug-likeness (QED) is 0.936. The van der Waals surface area contributed by atoms with E-state index in [-0.39, 0.29) is 4.90 Å². The van der Waals surface area contributed by atoms with Crippen molar-refractivity contribution in [3.8, 4) is 11.3 Å². The Morgan fingerprint density at radius 2 is 1.68 bits per heavy atom. The molecule has 0 fully saturated rings. The Balaban J connectivity index is 2.32. The lowest BCUT2D eigenvalue weighted by Gasteiger charge is -2.03. The molecule has 4 nitrogen and oxygen atoms in total. The van der Waals surface area contributed by atoms with Crippen molar-refractivity contribution in [2.24, 2.45) is 0 Å². The third-order valence-electron chi connectivity index (χ3n) is 2.91. The Labute approximate surface area is 113 Å². The van der Waals surface area contributed by atoms with Crippen molar-refractivity contribution >= 4 is 10.0 Å². The minimum atomic E-state index is -3.39. The zero-order valence-electron chi connectivity index (χ0n) is 11.2. The molecule has 0 bridgehead atoms. The summed E-state index contributed by atoms with van der Waals surface area (Å²) < 4.78 is 31.2. The summed E-state index contributed by atoms with van der Waals surface area (Å²) in [6, 6.07) is 10.5. The molecule has 0 unspecified atom stereocenters. The summed E-state index contributed by atoms with van der Waals surface area (Å²) in [5.74, 6) is 2.00. The van der Waals surface area contributed by atoms with Crippen LogP contribution in [0.25, 0.3) is 11.3 Å². The minimum Gasteiger partial charge on any atom is -0.461 e. The molecule has 0 aliphatic carbocycles. The molecule has 102 valence electrons. The molecule has 0 saturated heterocycles. The molecule has 19 heavy (non-hydrogen) atoms. The Morgan fingerprint density at radius 1 is 1.05 bits per heavy atom. The van der Waals surface area contributed by atoms with Crippen molar-refractivity contribution in [3.05, 3.63) is 42.2 Å². The molecule has 2 rings (SSSR count). The molecule has 1 heterocycles. The van der Waals surface area contributed by atoms with Crippen LogP contribution in [0.3, 0.4) is 0 Å². The molecule has 0 amide bonds. The highest BCUT2D eigenvalue weighted by Crippen LogP contribution is 2.26. The fourth-order valence-corrected chi connectivity index (χ4v) is 2.46. The van der Waals surface area contributed by atoms with Crippen LogP contribution in [0.5, 0.6) is 0 Å². The van der Waals surface area contributed by atoms with E-state index < -0.39 is 10.0 Å². The second kappa shape index (κ2) is 5.19. The maximum Gasteiger partial charge on any atom is 0.240 e. The number of rotatable bonds is 4. The highest BCUT2D eigenvalue weighted by molar-refractivity contribution is 7.89. The van der Waals surface area contributed by atoms with Gasteiger partial charge in [-0.2, -0.15) is 0 Å². The standard InChI is InChI=1S/C14H17NO3S/c1-10(2)13-8-9-14(18-13)11-4-6-12(7-5-11)19(16,17)15-3/h4-10,15H,1-3H3. The molecular formula is C14H17NO3S. The van der Waals surface area contributed by atoms with E-state index in [1.807, 2.05) is 12.1 Å². The van der Waals surface area contributed by atoms with Crippen LogP contribution in [0.15, 0.2) is 45.7 Å². The Kier molecular flexibility index (Phi) is 3.78. The number of sulfonamides is 1. The van der Waals surface area contributed by atoms with E-state index in [0.29, 0.717) is 5.92 Å². The molecule has 0 atom stereocenters. The van der Waals surface area contributed by atoms with Gasteiger partial charge in [0.05, 0.1) is 4.90 Å². The highest BCUT2D eigenvalue weighted by Gasteiger charge is 2.12. The van der Waals surface area contributed by atoms with Gasteiger partial charge in [0.15, 0.2) is 0 Å². The van der Waals surface area contributed by atoms with E-state index in [1.54, 1.807) is 24.3 Å². The van der Waals surface area contributed by atoms with Crippen molar-refractivity contribution in [3.63, 3.8) is 0 Å². The SMILES string of the molecule is CNS(=O)(=O)c1ccc(-c2ccc(C(C)C)o2)cc1. The summed E-state index contributed by atoms with van der Waals surface area (Å²) in [5, 5.41) is 0. The van der Waals surface area contributed by atoms with Crippen LogP contribution in [-0.2, 0) is 10.0 Å². The van der Waals surface area contributed by atoms with Gasteiger partial charge >= 0.3 is 0 Å². The topological polar surface area (TPSA) is 59.3 Å². The maximum atomic E-state index is 11.6. The van der Waals surface area contributed by atoms with Gasteiger partial charge in [0.25, 0.3) is 0 Å². The molecule has 0 spiro atoms. The smallest absolute Gasteiger partial charge is 0.240 e. The van der Waals surface area contributed by atoms with Crippen LogP contribution in [0, 0.1) is 0 Å². The zero-order chi connectivity index (χ0) is 14.0. The molecule has 1 aromatic heterocycles. The first-order valence-corrected chi connectivity index (χ1v) is 7.56. The average Bonchev–Trinajstić information content (AvgIpc) is 2.88. The number of hydrogen-bond acceptors (Lipinski definition) is 3. The van der Waals surface area contributed by atoms with E-state index in [1.165, 1.54) is 7.05 Å². The Bertz CT molecular complexity index is 654. The molecule has 0 saturated carbocycles. The minimum absolute atomic E-state index is 0.245. The molecule has 2 aromatic rings. The van der Waals surface area contributed by atoms with E-state index in [9.17, 15) is 8.42 Å². The van der Waals surface area contributed by atoms with Crippen LogP contribution in [0.4, 0.5) is 0 Å². The summed E-state index contributed by atoms with van der Waals surface area (Å²) in [6.07, 6.45) is 0. The summed E-state index contributed by atoms with van der Waals surface area (Å²) >= 11 is 0. The van der Waals surface area contributed by atoms with Gasteiger partial charge in [-0.25, -0.2) is 13.1 Å². The monoisotopic (exact) mass is 279 g/mol. The van der Waals surface area contributed by atoms with E-state index in [2.05, 4.69) is 18.6 Å². The molecule has 1 aromatic carbocycles. The van der Waals surface area contributed by atoms with Crippen molar-refractivity contribution in [1.29, 1.82) is 0 Å². The lowest BCUT2D eigenvalue weighted by atomic mass is 10.1. The number of benzene rings is 1. The van der Waals surface area contributed by atoms with Crippen LogP contribution in [-0.4, -0.2) is 15.5 Å². The number of hydrogen-bond donors (Lipinski definition) is 1. The predicted molar refractivity (Wildman–Crippen MR) is 74.5 cm³/mol. The normalized spacial score (nSPS) is 12.0. The summed E-state index contributed by atoms with van der Waals surface area (Å²) in [7, 11) is -1.99. The van der Waals surface area contributed by atoms with Gasteiger partial charge in [0.1, 0.15) is 11.5 Å². The fourth-order valence-electron chi connectivity index (χ4n) is 1.73. The van der Waals surface area contributed by atoms with E-state index >= 15 is 0 Å². The lowest BCUT2D eigenvalue weighted by molar-refractivity contribution is 0.498. The van der Waals surface area contributed by atoms with Gasteiger partial charge < -0.3 is 4.42 Å². The molecule has 5 heteroatoms. The van der Waals surface area contributed by atoms with Crippen LogP contribution in [0.1, 0.15) is 25.5 Å². The van der Waals surface area contributed by atoms with Gasteiger partial charge in [0, 0.05) is 11.5 Å². The van der Waals surface area contributed by atoms with Crippen molar-refractivity contribution in [1.82, 2.24) is 4.72 Å². The van der Waals surface area contributed by atoms with Crippen LogP contribution < -0.4 is 4.72 Å². The fraction of sp³-hybridized carbons (Fsp3) is 0.286. The van der Waals surface area contributed by atoms with Crippen molar-refractivity contribution in [2.75, 3.05) is 7.05 Å². The Morgan fingerprint density at radius 3 is 2.16 bits per heavy atom. The first-order valence-electron chi connectivity index (χ1n) is 6.08. The number of nitrogens with one attached hydrogen (secondary N) is 1. The van der Waals surface area contributed by atoms with Gasteiger partial charge in [-0.05, 0) is 43.4 Å². The largest absolute Gasteiger partial charge is 0.461 e. The van der Waals surface area contributed by atoms with Gasteiger partial charge in [-0.15, -0.1) is 0 Å². The van der Waals surface area contributed by atoms with Gasteiger partial charge in [0.2, 0.25) is 10.0 Å². The Hall–Kier alpha value is -1.59. The average molecular weight is 279 g/mol. The first-order chi connectivity index (χ1) is 8.94. The first kappa shape index (κ1) is 13.8. The van der Waals surface area contributed by atoms with Gasteiger partial charge in [-0.3, -0.25) is 0 Å². The predicted octanol–water partition coefficient (Wildman–Crippen LogP) is 2.98. The van der Waals surface area contributed by atoms with Gasteiger partial charge in [-0.1, -0.05) is 13.8 Å². The third kappa shape index (κ3) is 2.88. The molecule has 1 N–H and O–H groups in total. The molecule has 0 aliphatic heterocycles. The van der Waals surface area contributed by atoms with E-state index in [4.69, 9.17) is 4.42 Å².